The summed E-state index contributed by atoms with van der Waals surface area (Å²) in [6, 6.07) is 5.31. The van der Waals surface area contributed by atoms with Gasteiger partial charge in [0.25, 0.3) is 0 Å². The van der Waals surface area contributed by atoms with Gasteiger partial charge < -0.3 is 10.2 Å². The van der Waals surface area contributed by atoms with Crippen LogP contribution in [0.25, 0.3) is 0 Å². The molecule has 6 heteroatoms. The van der Waals surface area contributed by atoms with Gasteiger partial charge >= 0.3 is 0 Å². The molecule has 3 N–H and O–H groups in total. The maximum atomic E-state index is 13.5. The predicted octanol–water partition coefficient (Wildman–Crippen LogP) is 3.05. The quantitative estimate of drug-likeness (QED) is 0.661. The number of aryl methyl sites for hydroxylation is 2. The Labute approximate surface area is 109 Å². The fourth-order valence-corrected chi connectivity index (χ4v) is 1.74. The second-order valence-corrected chi connectivity index (χ2v) is 4.04. The topological polar surface area (TPSA) is 60.2 Å². The zero-order chi connectivity index (χ0) is 14.0. The summed E-state index contributed by atoms with van der Waals surface area (Å²) in [7, 11) is 0. The Morgan fingerprint density at radius 2 is 2.00 bits per heavy atom. The molecular weight excluding hydrogens is 252 g/mol. The summed E-state index contributed by atoms with van der Waals surface area (Å²) in [5, 5.41) is 0. The van der Waals surface area contributed by atoms with Gasteiger partial charge in [0.15, 0.2) is 11.6 Å². The fourth-order valence-electron chi connectivity index (χ4n) is 1.74. The molecule has 0 saturated carbocycles. The fraction of sp³-hybridized carbons (Fsp3) is 0.154. The van der Waals surface area contributed by atoms with Crippen molar-refractivity contribution in [1.29, 1.82) is 0 Å². The van der Waals surface area contributed by atoms with Gasteiger partial charge in [-0.3, -0.25) is 5.84 Å². The Kier molecular flexibility index (Phi) is 3.62. The molecule has 1 aromatic carbocycles. The lowest BCUT2D eigenvalue weighted by atomic mass is 10.2. The van der Waals surface area contributed by atoms with Gasteiger partial charge in [0.05, 0.1) is 11.4 Å². The number of nitrogen functional groups attached to an aromatic ring is 1. The number of hydrogen-bond acceptors (Lipinski definition) is 4. The molecule has 2 rings (SSSR count). The first-order chi connectivity index (χ1) is 9.02. The van der Waals surface area contributed by atoms with Crippen molar-refractivity contribution in [2.24, 2.45) is 5.84 Å². The van der Waals surface area contributed by atoms with Crippen molar-refractivity contribution in [3.05, 3.63) is 47.2 Å². The highest BCUT2D eigenvalue weighted by atomic mass is 19.2. The van der Waals surface area contributed by atoms with Crippen LogP contribution in [0.3, 0.4) is 0 Å². The number of halogens is 2. The maximum absolute atomic E-state index is 13.5. The molecule has 0 amide bonds. The van der Waals surface area contributed by atoms with E-state index in [1.165, 1.54) is 12.1 Å². The molecule has 0 unspecified atom stereocenters. The Hall–Kier alpha value is -2.21. The first kappa shape index (κ1) is 13.2. The predicted molar refractivity (Wildman–Crippen MR) is 68.0 cm³/mol. The number of hydrazine groups is 1. The Bertz CT molecular complexity index is 594. The first-order valence-corrected chi connectivity index (χ1v) is 5.59. The van der Waals surface area contributed by atoms with E-state index in [2.05, 4.69) is 10.4 Å². The minimum absolute atomic E-state index is 0.179. The number of aromatic nitrogens is 1. The van der Waals surface area contributed by atoms with Crippen LogP contribution in [0.5, 0.6) is 11.6 Å². The molecule has 0 aliphatic heterocycles. The van der Waals surface area contributed by atoms with Gasteiger partial charge in [0.2, 0.25) is 11.7 Å². The summed E-state index contributed by atoms with van der Waals surface area (Å²) in [5.41, 5.74) is 4.60. The highest BCUT2D eigenvalue weighted by Crippen LogP contribution is 2.28. The summed E-state index contributed by atoms with van der Waals surface area (Å²) in [6.07, 6.45) is 0. The van der Waals surface area contributed by atoms with Crippen molar-refractivity contribution in [1.82, 2.24) is 4.98 Å². The zero-order valence-corrected chi connectivity index (χ0v) is 10.5. The molecule has 100 valence electrons. The number of nitrogens with one attached hydrogen (secondary N) is 1. The Morgan fingerprint density at radius 1 is 1.26 bits per heavy atom. The van der Waals surface area contributed by atoms with Crippen LogP contribution in [0.1, 0.15) is 11.3 Å². The molecule has 0 spiro atoms. The molecule has 0 aliphatic rings. The summed E-state index contributed by atoms with van der Waals surface area (Å²) in [5.74, 6) is 3.32. The Morgan fingerprint density at radius 3 is 2.63 bits per heavy atom. The molecule has 0 radical (unpaired) electrons. The van der Waals surface area contributed by atoms with Gasteiger partial charge in [-0.1, -0.05) is 6.07 Å². The number of pyridine rings is 1. The van der Waals surface area contributed by atoms with E-state index in [0.717, 1.165) is 11.6 Å². The van der Waals surface area contributed by atoms with Crippen molar-refractivity contribution in [3.8, 4) is 11.6 Å². The summed E-state index contributed by atoms with van der Waals surface area (Å²) in [6.45, 7) is 3.54. The zero-order valence-electron chi connectivity index (χ0n) is 10.5. The summed E-state index contributed by atoms with van der Waals surface area (Å²) < 4.78 is 31.8. The molecule has 4 nitrogen and oxygen atoms in total. The third-order valence-electron chi connectivity index (χ3n) is 2.65. The van der Waals surface area contributed by atoms with Gasteiger partial charge in [-0.05, 0) is 31.5 Å². The van der Waals surface area contributed by atoms with Crippen molar-refractivity contribution >= 4 is 5.69 Å². The molecule has 0 fully saturated rings. The van der Waals surface area contributed by atoms with Gasteiger partial charge in [-0.25, -0.2) is 9.37 Å². The minimum atomic E-state index is -1.04. The van der Waals surface area contributed by atoms with Crippen LogP contribution in [-0.2, 0) is 0 Å². The van der Waals surface area contributed by atoms with Crippen molar-refractivity contribution < 1.29 is 13.5 Å². The molecular formula is C13H13F2N3O. The lowest BCUT2D eigenvalue weighted by Gasteiger charge is -2.12. The third kappa shape index (κ3) is 2.63. The number of ether oxygens (including phenoxy) is 1. The first-order valence-electron chi connectivity index (χ1n) is 5.59. The van der Waals surface area contributed by atoms with E-state index >= 15 is 0 Å². The molecule has 1 aromatic heterocycles. The largest absolute Gasteiger partial charge is 0.436 e. The van der Waals surface area contributed by atoms with Crippen LogP contribution in [0.15, 0.2) is 24.3 Å². The lowest BCUT2D eigenvalue weighted by Crippen LogP contribution is -2.11. The van der Waals surface area contributed by atoms with Crippen molar-refractivity contribution in [2.45, 2.75) is 13.8 Å². The number of nitrogens with two attached hydrogens (primary N) is 1. The van der Waals surface area contributed by atoms with E-state index in [4.69, 9.17) is 10.6 Å². The van der Waals surface area contributed by atoms with Crippen LogP contribution in [0, 0.1) is 25.5 Å². The molecule has 0 atom stereocenters. The van der Waals surface area contributed by atoms with E-state index < -0.39 is 11.6 Å². The SMILES string of the molecule is Cc1cc(Oc2cccc(F)c2F)nc(C)c1NN. The monoisotopic (exact) mass is 265 g/mol. The molecule has 0 bridgehead atoms. The van der Waals surface area contributed by atoms with Crippen LogP contribution >= 0.6 is 0 Å². The number of hydrogen-bond donors (Lipinski definition) is 2. The summed E-state index contributed by atoms with van der Waals surface area (Å²) in [4.78, 5) is 4.12. The van der Waals surface area contributed by atoms with E-state index in [1.54, 1.807) is 19.9 Å². The number of anilines is 1. The van der Waals surface area contributed by atoms with Crippen molar-refractivity contribution in [2.75, 3.05) is 5.43 Å². The van der Waals surface area contributed by atoms with Crippen LogP contribution < -0.4 is 16.0 Å². The average molecular weight is 265 g/mol. The molecule has 19 heavy (non-hydrogen) atoms. The number of rotatable bonds is 3. The number of nitrogens with zero attached hydrogens (tertiary/aromatic N) is 1. The average Bonchev–Trinajstić information content (AvgIpc) is 2.35. The van der Waals surface area contributed by atoms with E-state index in [1.807, 2.05) is 0 Å². The van der Waals surface area contributed by atoms with Crippen molar-refractivity contribution in [3.63, 3.8) is 0 Å². The minimum Gasteiger partial charge on any atom is -0.436 e. The molecule has 2 aromatic rings. The third-order valence-corrected chi connectivity index (χ3v) is 2.65. The van der Waals surface area contributed by atoms with Gasteiger partial charge in [-0.2, -0.15) is 4.39 Å². The smallest absolute Gasteiger partial charge is 0.219 e. The van der Waals surface area contributed by atoms with E-state index in [9.17, 15) is 8.78 Å². The van der Waals surface area contributed by atoms with Crippen LogP contribution in [0.2, 0.25) is 0 Å². The maximum Gasteiger partial charge on any atom is 0.219 e. The summed E-state index contributed by atoms with van der Waals surface area (Å²) >= 11 is 0. The Balaban J connectivity index is 2.36. The highest BCUT2D eigenvalue weighted by molar-refractivity contribution is 5.54. The molecule has 0 saturated heterocycles. The van der Waals surface area contributed by atoms with Gasteiger partial charge in [0, 0.05) is 6.07 Å². The van der Waals surface area contributed by atoms with Crippen LogP contribution in [0.4, 0.5) is 14.5 Å². The van der Waals surface area contributed by atoms with Gasteiger partial charge in [-0.15, -0.1) is 0 Å². The molecule has 0 aliphatic carbocycles. The lowest BCUT2D eigenvalue weighted by molar-refractivity contribution is 0.404. The second-order valence-electron chi connectivity index (χ2n) is 4.04. The van der Waals surface area contributed by atoms with Crippen LogP contribution in [-0.4, -0.2) is 4.98 Å². The normalized spacial score (nSPS) is 10.4. The number of benzene rings is 1. The second kappa shape index (κ2) is 5.19. The highest BCUT2D eigenvalue weighted by Gasteiger charge is 2.12. The van der Waals surface area contributed by atoms with E-state index in [0.29, 0.717) is 11.4 Å². The standard InChI is InChI=1S/C13H13F2N3O/c1-7-6-11(17-8(2)13(7)18-16)19-10-5-3-4-9(14)12(10)15/h3-6,18H,16H2,1-2H3. The van der Waals surface area contributed by atoms with E-state index in [-0.39, 0.29) is 11.6 Å². The molecule has 1 heterocycles. The van der Waals surface area contributed by atoms with Gasteiger partial charge in [0.1, 0.15) is 0 Å².